The molecule has 162 valence electrons. The number of aliphatic hydroxyl groups excluding tert-OH is 1. The van der Waals surface area contributed by atoms with Gasteiger partial charge in [-0.05, 0) is 42.3 Å². The van der Waals surface area contributed by atoms with Gasteiger partial charge in [-0.2, -0.15) is 13.2 Å². The van der Waals surface area contributed by atoms with E-state index in [0.29, 0.717) is 6.07 Å². The van der Waals surface area contributed by atoms with Crippen molar-refractivity contribution in [3.8, 4) is 22.4 Å². The van der Waals surface area contributed by atoms with Crippen molar-refractivity contribution in [3.63, 3.8) is 0 Å². The predicted octanol–water partition coefficient (Wildman–Crippen LogP) is 3.66. The fourth-order valence-electron chi connectivity index (χ4n) is 2.87. The van der Waals surface area contributed by atoms with E-state index in [1.165, 1.54) is 31.5 Å². The molecule has 0 fully saturated rings. The van der Waals surface area contributed by atoms with Gasteiger partial charge in [-0.3, -0.25) is 9.78 Å². The molecular weight excluding hydrogens is 416 g/mol. The maximum atomic E-state index is 14.8. The molecule has 3 aromatic rings. The van der Waals surface area contributed by atoms with E-state index in [9.17, 15) is 22.4 Å². The van der Waals surface area contributed by atoms with Crippen molar-refractivity contribution in [3.05, 3.63) is 65.7 Å². The standard InChI is InChI=1S/C21H18F4N4O2/c1-11(10-30)29-20(31)16-7-13(21(23,24)25)3-5-14(16)12-2-4-15(17(22)6-12)18-8-28-19(26)9-27-18/h2-9,11,30H,10H2,1H3,(H2,26,28)(H,29,31)/t11-/m0/s1. The van der Waals surface area contributed by atoms with Crippen molar-refractivity contribution in [2.24, 2.45) is 0 Å². The smallest absolute Gasteiger partial charge is 0.394 e. The molecule has 0 bridgehead atoms. The summed E-state index contributed by atoms with van der Waals surface area (Å²) in [5, 5.41) is 11.5. The van der Waals surface area contributed by atoms with E-state index in [1.54, 1.807) is 0 Å². The van der Waals surface area contributed by atoms with Crippen molar-refractivity contribution in [1.82, 2.24) is 15.3 Å². The topological polar surface area (TPSA) is 101 Å². The number of amides is 1. The number of carbonyl (C=O) groups is 1. The Hall–Kier alpha value is -3.53. The van der Waals surface area contributed by atoms with E-state index in [2.05, 4.69) is 15.3 Å². The molecule has 0 aliphatic rings. The summed E-state index contributed by atoms with van der Waals surface area (Å²) in [5.74, 6) is -1.36. The molecular formula is C21H18F4N4O2. The normalized spacial score (nSPS) is 12.5. The lowest BCUT2D eigenvalue weighted by Gasteiger charge is -2.16. The zero-order valence-electron chi connectivity index (χ0n) is 16.2. The summed E-state index contributed by atoms with van der Waals surface area (Å²) >= 11 is 0. The lowest BCUT2D eigenvalue weighted by molar-refractivity contribution is -0.137. The molecule has 0 spiro atoms. The van der Waals surface area contributed by atoms with Crippen LogP contribution in [0.4, 0.5) is 23.4 Å². The van der Waals surface area contributed by atoms with Crippen molar-refractivity contribution < 1.29 is 27.5 Å². The van der Waals surface area contributed by atoms with Crippen molar-refractivity contribution in [2.75, 3.05) is 12.3 Å². The van der Waals surface area contributed by atoms with Crippen molar-refractivity contribution >= 4 is 11.7 Å². The molecule has 31 heavy (non-hydrogen) atoms. The van der Waals surface area contributed by atoms with Gasteiger partial charge in [-0.1, -0.05) is 12.1 Å². The Bertz CT molecular complexity index is 1100. The van der Waals surface area contributed by atoms with E-state index in [0.717, 1.165) is 18.2 Å². The summed E-state index contributed by atoms with van der Waals surface area (Å²) in [6.45, 7) is 1.10. The third kappa shape index (κ3) is 4.97. The number of nitrogens with two attached hydrogens (primary N) is 1. The van der Waals surface area contributed by atoms with Crippen molar-refractivity contribution in [2.45, 2.75) is 19.1 Å². The van der Waals surface area contributed by atoms with Gasteiger partial charge in [0.1, 0.15) is 11.6 Å². The van der Waals surface area contributed by atoms with Crippen LogP contribution < -0.4 is 11.1 Å². The van der Waals surface area contributed by atoms with Gasteiger partial charge in [0, 0.05) is 17.2 Å². The largest absolute Gasteiger partial charge is 0.416 e. The quantitative estimate of drug-likeness (QED) is 0.532. The number of nitrogens with zero attached hydrogens (tertiary/aromatic N) is 2. The van der Waals surface area contributed by atoms with Crippen LogP contribution >= 0.6 is 0 Å². The number of benzene rings is 2. The summed E-state index contributed by atoms with van der Waals surface area (Å²) in [6.07, 6.45) is -2.11. The van der Waals surface area contributed by atoms with E-state index in [-0.39, 0.29) is 33.8 Å². The number of nitrogens with one attached hydrogen (secondary N) is 1. The minimum Gasteiger partial charge on any atom is -0.394 e. The van der Waals surface area contributed by atoms with E-state index in [1.807, 2.05) is 0 Å². The average Bonchev–Trinajstić information content (AvgIpc) is 2.73. The first-order valence-corrected chi connectivity index (χ1v) is 9.11. The summed E-state index contributed by atoms with van der Waals surface area (Å²) in [7, 11) is 0. The zero-order valence-corrected chi connectivity index (χ0v) is 16.2. The highest BCUT2D eigenvalue weighted by Crippen LogP contribution is 2.34. The molecule has 0 saturated carbocycles. The predicted molar refractivity (Wildman–Crippen MR) is 106 cm³/mol. The van der Waals surface area contributed by atoms with Gasteiger partial charge < -0.3 is 16.2 Å². The summed E-state index contributed by atoms with van der Waals surface area (Å²) in [6, 6.07) is 5.90. The molecule has 0 unspecified atom stereocenters. The summed E-state index contributed by atoms with van der Waals surface area (Å²) in [4.78, 5) is 20.4. The highest BCUT2D eigenvalue weighted by atomic mass is 19.4. The Labute approximate surface area is 174 Å². The Morgan fingerprint density at radius 1 is 1.13 bits per heavy atom. The third-order valence-corrected chi connectivity index (χ3v) is 4.47. The SMILES string of the molecule is C[C@@H](CO)NC(=O)c1cc(C(F)(F)F)ccc1-c1ccc(-c2cnc(N)cn2)c(F)c1. The first kappa shape index (κ1) is 22.2. The zero-order chi connectivity index (χ0) is 22.8. The van der Waals surface area contributed by atoms with Gasteiger partial charge in [0.2, 0.25) is 0 Å². The fourth-order valence-corrected chi connectivity index (χ4v) is 2.87. The highest BCUT2D eigenvalue weighted by molar-refractivity contribution is 6.01. The molecule has 0 radical (unpaired) electrons. The minimum atomic E-state index is -4.67. The van der Waals surface area contributed by atoms with E-state index >= 15 is 0 Å². The molecule has 4 N–H and O–H groups in total. The lowest BCUT2D eigenvalue weighted by atomic mass is 9.95. The molecule has 1 atom stereocenters. The lowest BCUT2D eigenvalue weighted by Crippen LogP contribution is -2.35. The fraction of sp³-hybridized carbons (Fsp3) is 0.190. The molecule has 1 heterocycles. The number of carbonyl (C=O) groups excluding carboxylic acids is 1. The average molecular weight is 434 g/mol. The van der Waals surface area contributed by atoms with Crippen molar-refractivity contribution in [1.29, 1.82) is 0 Å². The number of halogens is 4. The summed E-state index contributed by atoms with van der Waals surface area (Å²) < 4.78 is 54.3. The van der Waals surface area contributed by atoms with Crippen LogP contribution in [0.3, 0.4) is 0 Å². The van der Waals surface area contributed by atoms with Gasteiger partial charge in [0.15, 0.2) is 0 Å². The Kier molecular flexibility index (Phi) is 6.21. The van der Waals surface area contributed by atoms with Crippen LogP contribution in [0.5, 0.6) is 0 Å². The van der Waals surface area contributed by atoms with Gasteiger partial charge in [0.05, 0.1) is 30.3 Å². The van der Waals surface area contributed by atoms with E-state index < -0.39 is 36.1 Å². The molecule has 1 aromatic heterocycles. The number of hydrogen-bond donors (Lipinski definition) is 3. The van der Waals surface area contributed by atoms with Crippen LogP contribution in [0.1, 0.15) is 22.8 Å². The maximum Gasteiger partial charge on any atom is 0.416 e. The van der Waals surface area contributed by atoms with E-state index in [4.69, 9.17) is 10.8 Å². The Morgan fingerprint density at radius 3 is 2.42 bits per heavy atom. The van der Waals surface area contributed by atoms with Crippen LogP contribution in [0.2, 0.25) is 0 Å². The number of anilines is 1. The van der Waals surface area contributed by atoms with Crippen LogP contribution in [0, 0.1) is 5.82 Å². The van der Waals surface area contributed by atoms with Gasteiger partial charge in [-0.25, -0.2) is 9.37 Å². The first-order valence-electron chi connectivity index (χ1n) is 9.11. The molecule has 3 rings (SSSR count). The second kappa shape index (κ2) is 8.68. The molecule has 6 nitrogen and oxygen atoms in total. The molecule has 2 aromatic carbocycles. The Balaban J connectivity index is 2.07. The second-order valence-corrected chi connectivity index (χ2v) is 6.84. The molecule has 10 heteroatoms. The third-order valence-electron chi connectivity index (χ3n) is 4.47. The number of alkyl halides is 3. The Morgan fingerprint density at radius 2 is 1.84 bits per heavy atom. The van der Waals surface area contributed by atoms with Gasteiger partial charge >= 0.3 is 6.18 Å². The van der Waals surface area contributed by atoms with Crippen LogP contribution in [0.15, 0.2) is 48.8 Å². The number of hydrogen-bond acceptors (Lipinski definition) is 5. The van der Waals surface area contributed by atoms with Crippen LogP contribution in [-0.4, -0.2) is 33.6 Å². The minimum absolute atomic E-state index is 0.101. The maximum absolute atomic E-state index is 14.8. The number of aliphatic hydroxyl groups is 1. The number of nitrogen functional groups attached to an aromatic ring is 1. The van der Waals surface area contributed by atoms with Gasteiger partial charge in [0.25, 0.3) is 5.91 Å². The molecule has 0 aliphatic heterocycles. The first-order chi connectivity index (χ1) is 14.6. The monoisotopic (exact) mass is 434 g/mol. The van der Waals surface area contributed by atoms with Gasteiger partial charge in [-0.15, -0.1) is 0 Å². The van der Waals surface area contributed by atoms with Crippen LogP contribution in [-0.2, 0) is 6.18 Å². The second-order valence-electron chi connectivity index (χ2n) is 6.84. The molecule has 0 saturated heterocycles. The van der Waals surface area contributed by atoms with Crippen LogP contribution in [0.25, 0.3) is 22.4 Å². The highest BCUT2D eigenvalue weighted by Gasteiger charge is 2.32. The summed E-state index contributed by atoms with van der Waals surface area (Å²) in [5.41, 5.74) is 4.79. The number of aromatic nitrogens is 2. The molecule has 0 aliphatic carbocycles. The number of rotatable bonds is 5. The molecule has 1 amide bonds.